The predicted octanol–water partition coefficient (Wildman–Crippen LogP) is 1.34. The molecular weight excluding hydrogens is 210 g/mol. The van der Waals surface area contributed by atoms with Crippen LogP contribution in [0.2, 0.25) is 0 Å². The van der Waals surface area contributed by atoms with Crippen LogP contribution in [0.25, 0.3) is 0 Å². The van der Waals surface area contributed by atoms with Crippen molar-refractivity contribution in [1.29, 1.82) is 0 Å². The highest BCUT2D eigenvalue weighted by molar-refractivity contribution is 5.85. The molecule has 1 aromatic rings. The molecule has 4 heteroatoms. The molecule has 2 rings (SSSR count). The normalized spacial score (nSPS) is 20.7. The molecule has 0 aliphatic carbocycles. The zero-order valence-corrected chi connectivity index (χ0v) is 9.59. The molecule has 0 amide bonds. The third-order valence-corrected chi connectivity index (χ3v) is 2.61. The van der Waals surface area contributed by atoms with Gasteiger partial charge in [0.25, 0.3) is 0 Å². The van der Waals surface area contributed by atoms with E-state index in [-0.39, 0.29) is 12.4 Å². The van der Waals surface area contributed by atoms with Crippen molar-refractivity contribution in [3.05, 3.63) is 30.1 Å². The Morgan fingerprint density at radius 1 is 1.53 bits per heavy atom. The quantitative estimate of drug-likeness (QED) is 0.819. The molecule has 0 unspecified atom stereocenters. The van der Waals surface area contributed by atoms with Crippen LogP contribution in [-0.4, -0.2) is 24.1 Å². The molecule has 2 heterocycles. The SMILES string of the molecule is Cl.c1cncc(CN[C@H]2CCCNC2)c1. The van der Waals surface area contributed by atoms with Crippen LogP contribution < -0.4 is 10.6 Å². The molecule has 1 saturated heterocycles. The van der Waals surface area contributed by atoms with Crippen molar-refractivity contribution in [2.24, 2.45) is 0 Å². The average molecular weight is 228 g/mol. The van der Waals surface area contributed by atoms with Gasteiger partial charge in [0.15, 0.2) is 0 Å². The van der Waals surface area contributed by atoms with E-state index in [1.807, 2.05) is 18.5 Å². The molecule has 1 atom stereocenters. The Labute approximate surface area is 97.1 Å². The number of aromatic nitrogens is 1. The number of halogens is 1. The van der Waals surface area contributed by atoms with Gasteiger partial charge in [-0.3, -0.25) is 4.98 Å². The molecule has 0 spiro atoms. The maximum Gasteiger partial charge on any atom is 0.0312 e. The summed E-state index contributed by atoms with van der Waals surface area (Å²) in [5, 5.41) is 6.93. The van der Waals surface area contributed by atoms with Crippen LogP contribution in [0.4, 0.5) is 0 Å². The standard InChI is InChI=1S/C11H17N3.ClH/c1-3-10(7-12-5-1)8-14-11-4-2-6-13-9-11;/h1,3,5,7,11,13-14H,2,4,6,8-9H2;1H/t11-;/m0./s1. The van der Waals surface area contributed by atoms with Crippen LogP contribution in [0, 0.1) is 0 Å². The minimum atomic E-state index is 0. The molecule has 3 nitrogen and oxygen atoms in total. The topological polar surface area (TPSA) is 37.0 Å². The van der Waals surface area contributed by atoms with Crippen LogP contribution in [-0.2, 0) is 6.54 Å². The van der Waals surface area contributed by atoms with Gasteiger partial charge in [0.1, 0.15) is 0 Å². The van der Waals surface area contributed by atoms with E-state index in [4.69, 9.17) is 0 Å². The Kier molecular flexibility index (Phi) is 5.61. The van der Waals surface area contributed by atoms with Gasteiger partial charge in [0.05, 0.1) is 0 Å². The molecular formula is C11H18ClN3. The number of hydrogen-bond acceptors (Lipinski definition) is 3. The van der Waals surface area contributed by atoms with E-state index < -0.39 is 0 Å². The van der Waals surface area contributed by atoms with E-state index in [2.05, 4.69) is 21.7 Å². The fourth-order valence-electron chi connectivity index (χ4n) is 1.79. The Balaban J connectivity index is 0.00000112. The van der Waals surface area contributed by atoms with E-state index in [9.17, 15) is 0 Å². The van der Waals surface area contributed by atoms with Gasteiger partial charge in [-0.2, -0.15) is 0 Å². The van der Waals surface area contributed by atoms with Gasteiger partial charge in [-0.05, 0) is 31.0 Å². The summed E-state index contributed by atoms with van der Waals surface area (Å²) >= 11 is 0. The Morgan fingerprint density at radius 2 is 2.47 bits per heavy atom. The maximum absolute atomic E-state index is 4.09. The van der Waals surface area contributed by atoms with Gasteiger partial charge < -0.3 is 10.6 Å². The summed E-state index contributed by atoms with van der Waals surface area (Å²) in [4.78, 5) is 4.09. The second-order valence-electron chi connectivity index (χ2n) is 3.79. The first kappa shape index (κ1) is 12.4. The third kappa shape index (κ3) is 4.16. The van der Waals surface area contributed by atoms with Crippen molar-refractivity contribution in [1.82, 2.24) is 15.6 Å². The summed E-state index contributed by atoms with van der Waals surface area (Å²) in [6.07, 6.45) is 6.30. The lowest BCUT2D eigenvalue weighted by atomic mass is 10.1. The van der Waals surface area contributed by atoms with Gasteiger partial charge in [-0.1, -0.05) is 6.07 Å². The van der Waals surface area contributed by atoms with Crippen molar-refractivity contribution in [2.45, 2.75) is 25.4 Å². The number of rotatable bonds is 3. The summed E-state index contributed by atoms with van der Waals surface area (Å²) in [7, 11) is 0. The van der Waals surface area contributed by atoms with Crippen LogP contribution in [0.15, 0.2) is 24.5 Å². The molecule has 0 radical (unpaired) electrons. The Hall–Kier alpha value is -0.640. The first-order valence-electron chi connectivity index (χ1n) is 5.28. The lowest BCUT2D eigenvalue weighted by Crippen LogP contribution is -2.42. The number of nitrogens with zero attached hydrogens (tertiary/aromatic N) is 1. The molecule has 1 aliphatic heterocycles. The zero-order chi connectivity index (χ0) is 9.64. The summed E-state index contributed by atoms with van der Waals surface area (Å²) in [5.41, 5.74) is 1.26. The van der Waals surface area contributed by atoms with Gasteiger partial charge in [-0.15, -0.1) is 12.4 Å². The molecule has 1 aromatic heterocycles. The summed E-state index contributed by atoms with van der Waals surface area (Å²) in [6, 6.07) is 4.72. The first-order valence-corrected chi connectivity index (χ1v) is 5.28. The molecule has 0 aromatic carbocycles. The Bertz CT molecular complexity index is 260. The fraction of sp³-hybridized carbons (Fsp3) is 0.545. The monoisotopic (exact) mass is 227 g/mol. The fourth-order valence-corrected chi connectivity index (χ4v) is 1.79. The molecule has 84 valence electrons. The summed E-state index contributed by atoms with van der Waals surface area (Å²) in [5.74, 6) is 0. The smallest absolute Gasteiger partial charge is 0.0312 e. The molecule has 0 bridgehead atoms. The minimum Gasteiger partial charge on any atom is -0.315 e. The number of hydrogen-bond donors (Lipinski definition) is 2. The summed E-state index contributed by atoms with van der Waals surface area (Å²) < 4.78 is 0. The zero-order valence-electron chi connectivity index (χ0n) is 8.78. The summed E-state index contributed by atoms with van der Waals surface area (Å²) in [6.45, 7) is 3.20. The molecule has 15 heavy (non-hydrogen) atoms. The lowest BCUT2D eigenvalue weighted by molar-refractivity contribution is 0.389. The van der Waals surface area contributed by atoms with Crippen molar-refractivity contribution in [3.63, 3.8) is 0 Å². The van der Waals surface area contributed by atoms with Crippen LogP contribution in [0.1, 0.15) is 18.4 Å². The molecule has 1 fully saturated rings. The van der Waals surface area contributed by atoms with E-state index in [1.54, 1.807) is 0 Å². The van der Waals surface area contributed by atoms with Crippen molar-refractivity contribution < 1.29 is 0 Å². The second-order valence-corrected chi connectivity index (χ2v) is 3.79. The van der Waals surface area contributed by atoms with Crippen LogP contribution >= 0.6 is 12.4 Å². The van der Waals surface area contributed by atoms with E-state index >= 15 is 0 Å². The molecule has 2 N–H and O–H groups in total. The van der Waals surface area contributed by atoms with E-state index in [0.29, 0.717) is 6.04 Å². The highest BCUT2D eigenvalue weighted by atomic mass is 35.5. The number of nitrogens with one attached hydrogen (secondary N) is 2. The molecule has 1 aliphatic rings. The Morgan fingerprint density at radius 3 is 3.13 bits per heavy atom. The van der Waals surface area contributed by atoms with Gasteiger partial charge >= 0.3 is 0 Å². The van der Waals surface area contributed by atoms with Gasteiger partial charge in [-0.25, -0.2) is 0 Å². The van der Waals surface area contributed by atoms with Gasteiger partial charge in [0.2, 0.25) is 0 Å². The van der Waals surface area contributed by atoms with Crippen molar-refractivity contribution >= 4 is 12.4 Å². The minimum absolute atomic E-state index is 0. The molecule has 0 saturated carbocycles. The van der Waals surface area contributed by atoms with E-state index in [1.165, 1.54) is 24.9 Å². The van der Waals surface area contributed by atoms with E-state index in [0.717, 1.165) is 13.1 Å². The lowest BCUT2D eigenvalue weighted by Gasteiger charge is -2.23. The number of piperidine rings is 1. The van der Waals surface area contributed by atoms with Crippen LogP contribution in [0.3, 0.4) is 0 Å². The predicted molar refractivity (Wildman–Crippen MR) is 64.2 cm³/mol. The van der Waals surface area contributed by atoms with Crippen molar-refractivity contribution in [2.75, 3.05) is 13.1 Å². The first-order chi connectivity index (χ1) is 6.95. The largest absolute Gasteiger partial charge is 0.315 e. The van der Waals surface area contributed by atoms with Crippen molar-refractivity contribution in [3.8, 4) is 0 Å². The van der Waals surface area contributed by atoms with Gasteiger partial charge in [0, 0.05) is 31.5 Å². The third-order valence-electron chi connectivity index (χ3n) is 2.61. The highest BCUT2D eigenvalue weighted by Gasteiger charge is 2.11. The average Bonchev–Trinajstić information content (AvgIpc) is 2.29. The number of pyridine rings is 1. The van der Waals surface area contributed by atoms with Crippen LogP contribution in [0.5, 0.6) is 0 Å². The highest BCUT2D eigenvalue weighted by Crippen LogP contribution is 2.03. The maximum atomic E-state index is 4.09. The second kappa shape index (κ2) is 6.77.